The molecule has 1 unspecified atom stereocenters. The molecule has 0 bridgehead atoms. The number of carbonyl (C=O) groups is 1. The topological polar surface area (TPSA) is 93.7 Å². The lowest BCUT2D eigenvalue weighted by molar-refractivity contribution is -0.117. The van der Waals surface area contributed by atoms with Gasteiger partial charge in [0, 0.05) is 11.8 Å². The molecule has 0 fully saturated rings. The number of rotatable bonds is 7. The normalized spacial score (nSPS) is 12.3. The summed E-state index contributed by atoms with van der Waals surface area (Å²) in [6, 6.07) is 8.88. The van der Waals surface area contributed by atoms with Gasteiger partial charge in [-0.15, -0.1) is 0 Å². The maximum atomic E-state index is 12.6. The predicted octanol–water partition coefficient (Wildman–Crippen LogP) is 2.63. The Kier molecular flexibility index (Phi) is 6.45. The van der Waals surface area contributed by atoms with E-state index in [-0.39, 0.29) is 10.6 Å². The molecule has 2 N–H and O–H groups in total. The summed E-state index contributed by atoms with van der Waals surface area (Å²) in [5.41, 5.74) is 2.63. The number of carbonyl (C=O) groups excluding carboxylic acids is 1. The van der Waals surface area contributed by atoms with Gasteiger partial charge >= 0.3 is 0 Å². The Morgan fingerprint density at radius 3 is 2.11 bits per heavy atom. The quantitative estimate of drug-likeness (QED) is 0.755. The Hall–Kier alpha value is -2.58. The average Bonchev–Trinajstić information content (AvgIpc) is 2.59. The number of benzene rings is 2. The van der Waals surface area contributed by atoms with Crippen LogP contribution in [0.1, 0.15) is 18.1 Å². The highest BCUT2D eigenvalue weighted by atomic mass is 32.2. The molecule has 27 heavy (non-hydrogen) atoms. The van der Waals surface area contributed by atoms with Gasteiger partial charge in [0.1, 0.15) is 0 Å². The fourth-order valence-electron chi connectivity index (χ4n) is 2.64. The lowest BCUT2D eigenvalue weighted by Crippen LogP contribution is -2.41. The summed E-state index contributed by atoms with van der Waals surface area (Å²) in [5, 5.41) is 2.73. The highest BCUT2D eigenvalue weighted by Gasteiger charge is 2.23. The van der Waals surface area contributed by atoms with E-state index in [1.165, 1.54) is 39.3 Å². The molecule has 1 amide bonds. The van der Waals surface area contributed by atoms with Crippen LogP contribution in [0.25, 0.3) is 0 Å². The van der Waals surface area contributed by atoms with Crippen molar-refractivity contribution in [2.24, 2.45) is 0 Å². The standard InChI is InChI=1S/C19H24N2O5S/c1-12-8-13(2)10-15(9-12)20-19(22)14(3)21-27(23,24)16-6-7-17(25-4)18(11-16)26-5/h6-11,14,21H,1-5H3,(H,20,22). The van der Waals surface area contributed by atoms with Gasteiger partial charge in [-0.05, 0) is 56.2 Å². The summed E-state index contributed by atoms with van der Waals surface area (Å²) in [4.78, 5) is 12.4. The zero-order valence-electron chi connectivity index (χ0n) is 16.0. The number of hydrogen-bond acceptors (Lipinski definition) is 5. The molecule has 7 nitrogen and oxygen atoms in total. The number of aryl methyl sites for hydroxylation is 2. The minimum atomic E-state index is -3.92. The third kappa shape index (κ3) is 5.21. The Labute approximate surface area is 159 Å². The molecular formula is C19H24N2O5S. The van der Waals surface area contributed by atoms with Gasteiger partial charge in [0.2, 0.25) is 15.9 Å². The van der Waals surface area contributed by atoms with E-state index in [1.807, 2.05) is 32.0 Å². The van der Waals surface area contributed by atoms with E-state index in [0.29, 0.717) is 11.4 Å². The van der Waals surface area contributed by atoms with Gasteiger partial charge in [0.15, 0.2) is 11.5 Å². The first-order valence-electron chi connectivity index (χ1n) is 8.30. The van der Waals surface area contributed by atoms with Gasteiger partial charge < -0.3 is 14.8 Å². The molecule has 0 spiro atoms. The molecule has 146 valence electrons. The van der Waals surface area contributed by atoms with Crippen molar-refractivity contribution in [3.05, 3.63) is 47.5 Å². The zero-order valence-corrected chi connectivity index (χ0v) is 16.8. The fourth-order valence-corrected chi connectivity index (χ4v) is 3.85. The molecule has 0 aliphatic rings. The Morgan fingerprint density at radius 2 is 1.56 bits per heavy atom. The Morgan fingerprint density at radius 1 is 0.963 bits per heavy atom. The van der Waals surface area contributed by atoms with Crippen LogP contribution in [0.15, 0.2) is 41.3 Å². The molecule has 8 heteroatoms. The van der Waals surface area contributed by atoms with Crippen molar-refractivity contribution in [3.63, 3.8) is 0 Å². The number of ether oxygens (including phenoxy) is 2. The van der Waals surface area contributed by atoms with E-state index in [0.717, 1.165) is 11.1 Å². The maximum Gasteiger partial charge on any atom is 0.242 e. The third-order valence-corrected chi connectivity index (χ3v) is 5.42. The molecule has 0 radical (unpaired) electrons. The summed E-state index contributed by atoms with van der Waals surface area (Å²) in [5.74, 6) is 0.244. The van der Waals surface area contributed by atoms with Crippen molar-refractivity contribution in [1.29, 1.82) is 0 Å². The van der Waals surface area contributed by atoms with E-state index in [2.05, 4.69) is 10.0 Å². The smallest absolute Gasteiger partial charge is 0.242 e. The van der Waals surface area contributed by atoms with Crippen molar-refractivity contribution >= 4 is 21.6 Å². The van der Waals surface area contributed by atoms with Crippen LogP contribution >= 0.6 is 0 Å². The third-order valence-electron chi connectivity index (χ3n) is 3.88. The molecule has 2 rings (SSSR count). The molecule has 0 aliphatic carbocycles. The summed E-state index contributed by atoms with van der Waals surface area (Å²) in [6.07, 6.45) is 0. The molecule has 2 aromatic carbocycles. The average molecular weight is 392 g/mol. The summed E-state index contributed by atoms with van der Waals surface area (Å²) in [7, 11) is -1.04. The van der Waals surface area contributed by atoms with E-state index in [1.54, 1.807) is 0 Å². The van der Waals surface area contributed by atoms with Crippen LogP contribution < -0.4 is 19.5 Å². The number of amides is 1. The van der Waals surface area contributed by atoms with Gasteiger partial charge in [0.25, 0.3) is 0 Å². The number of methoxy groups -OCH3 is 2. The van der Waals surface area contributed by atoms with E-state index in [9.17, 15) is 13.2 Å². The van der Waals surface area contributed by atoms with Crippen LogP contribution in [0, 0.1) is 13.8 Å². The van der Waals surface area contributed by atoms with Gasteiger partial charge in [-0.1, -0.05) is 6.07 Å². The summed E-state index contributed by atoms with van der Waals surface area (Å²) >= 11 is 0. The first-order valence-corrected chi connectivity index (χ1v) is 9.78. The van der Waals surface area contributed by atoms with Crippen LogP contribution in [-0.2, 0) is 14.8 Å². The molecule has 0 saturated carbocycles. The van der Waals surface area contributed by atoms with Gasteiger partial charge in [-0.3, -0.25) is 4.79 Å². The van der Waals surface area contributed by atoms with Crippen molar-refractivity contribution in [2.75, 3.05) is 19.5 Å². The van der Waals surface area contributed by atoms with Gasteiger partial charge in [0.05, 0.1) is 25.2 Å². The van der Waals surface area contributed by atoms with Crippen LogP contribution in [0.5, 0.6) is 11.5 Å². The van der Waals surface area contributed by atoms with Crippen molar-refractivity contribution in [1.82, 2.24) is 4.72 Å². The second-order valence-corrected chi connectivity index (χ2v) is 7.94. The van der Waals surface area contributed by atoms with E-state index < -0.39 is 22.0 Å². The van der Waals surface area contributed by atoms with Crippen molar-refractivity contribution in [2.45, 2.75) is 31.7 Å². The second kappa shape index (κ2) is 8.41. The van der Waals surface area contributed by atoms with Crippen LogP contribution in [0.2, 0.25) is 0 Å². The lowest BCUT2D eigenvalue weighted by Gasteiger charge is -2.16. The molecule has 0 saturated heterocycles. The fraction of sp³-hybridized carbons (Fsp3) is 0.316. The minimum absolute atomic E-state index is 0.0220. The van der Waals surface area contributed by atoms with Crippen LogP contribution in [0.4, 0.5) is 5.69 Å². The SMILES string of the molecule is COc1ccc(S(=O)(=O)NC(C)C(=O)Nc2cc(C)cc(C)c2)cc1OC. The highest BCUT2D eigenvalue weighted by Crippen LogP contribution is 2.29. The molecule has 0 aliphatic heterocycles. The van der Waals surface area contributed by atoms with Crippen molar-refractivity contribution in [3.8, 4) is 11.5 Å². The van der Waals surface area contributed by atoms with E-state index in [4.69, 9.17) is 9.47 Å². The highest BCUT2D eigenvalue weighted by molar-refractivity contribution is 7.89. The number of anilines is 1. The summed E-state index contributed by atoms with van der Waals surface area (Å²) in [6.45, 7) is 5.33. The van der Waals surface area contributed by atoms with Crippen LogP contribution in [0.3, 0.4) is 0 Å². The zero-order chi connectivity index (χ0) is 20.2. The van der Waals surface area contributed by atoms with Gasteiger partial charge in [-0.25, -0.2) is 8.42 Å². The largest absolute Gasteiger partial charge is 0.493 e. The number of hydrogen-bond donors (Lipinski definition) is 2. The molecule has 0 aromatic heterocycles. The van der Waals surface area contributed by atoms with Crippen molar-refractivity contribution < 1.29 is 22.7 Å². The summed E-state index contributed by atoms with van der Waals surface area (Å²) < 4.78 is 37.8. The first-order chi connectivity index (χ1) is 12.7. The van der Waals surface area contributed by atoms with Gasteiger partial charge in [-0.2, -0.15) is 4.72 Å². The van der Waals surface area contributed by atoms with Crippen LogP contribution in [-0.4, -0.2) is 34.6 Å². The Bertz CT molecular complexity index is 921. The predicted molar refractivity (Wildman–Crippen MR) is 104 cm³/mol. The molecule has 0 heterocycles. The molecule has 2 aromatic rings. The minimum Gasteiger partial charge on any atom is -0.493 e. The molecule has 1 atom stereocenters. The maximum absolute atomic E-state index is 12.6. The lowest BCUT2D eigenvalue weighted by atomic mass is 10.1. The number of nitrogens with one attached hydrogen (secondary N) is 2. The van der Waals surface area contributed by atoms with E-state index >= 15 is 0 Å². The first kappa shape index (κ1) is 20.7. The Balaban J connectivity index is 2.15. The second-order valence-electron chi connectivity index (χ2n) is 6.23. The number of sulfonamides is 1. The molecular weight excluding hydrogens is 368 g/mol. The monoisotopic (exact) mass is 392 g/mol.